The summed E-state index contributed by atoms with van der Waals surface area (Å²) in [4.78, 5) is 7.15. The van der Waals surface area contributed by atoms with Gasteiger partial charge in [0.1, 0.15) is 0 Å². The maximum absolute atomic E-state index is 9.33. The van der Waals surface area contributed by atoms with Crippen molar-refractivity contribution in [2.24, 2.45) is 0 Å². The Labute approximate surface area is 208 Å². The van der Waals surface area contributed by atoms with E-state index in [4.69, 9.17) is 10.1 Å². The second kappa shape index (κ2) is 12.5. The Bertz CT molecular complexity index is 1060. The summed E-state index contributed by atoms with van der Waals surface area (Å²) in [6.07, 6.45) is 6.14. The lowest BCUT2D eigenvalue weighted by Gasteiger charge is -2.31. The molecular weight excluding hydrogens is 457 g/mol. The van der Waals surface area contributed by atoms with Gasteiger partial charge in [0.15, 0.2) is 5.65 Å². The monoisotopic (exact) mass is 491 g/mol. The van der Waals surface area contributed by atoms with Gasteiger partial charge in [-0.2, -0.15) is 5.10 Å². The summed E-state index contributed by atoms with van der Waals surface area (Å²) >= 11 is 0. The van der Waals surface area contributed by atoms with Gasteiger partial charge in [0.05, 0.1) is 12.3 Å². The first-order chi connectivity index (χ1) is 15.1. The lowest BCUT2D eigenvalue weighted by atomic mass is 10.0. The zero-order chi connectivity index (χ0) is 21.8. The number of aliphatic hydroxyl groups is 1. The minimum Gasteiger partial charge on any atom is -0.395 e. The van der Waals surface area contributed by atoms with E-state index in [2.05, 4.69) is 66.5 Å². The van der Waals surface area contributed by atoms with Crippen molar-refractivity contribution >= 4 is 36.5 Å². The number of aryl methyl sites for hydroxylation is 3. The van der Waals surface area contributed by atoms with Gasteiger partial charge in [-0.05, 0) is 37.5 Å². The summed E-state index contributed by atoms with van der Waals surface area (Å²) in [5.41, 5.74) is 7.98. The van der Waals surface area contributed by atoms with Gasteiger partial charge in [-0.25, -0.2) is 9.50 Å². The highest BCUT2D eigenvalue weighted by atomic mass is 35.5. The van der Waals surface area contributed by atoms with Crippen LogP contribution in [-0.2, 0) is 12.8 Å². The van der Waals surface area contributed by atoms with Gasteiger partial charge < -0.3 is 10.4 Å². The zero-order valence-corrected chi connectivity index (χ0v) is 21.3. The molecule has 1 atom stereocenters. The third-order valence-corrected chi connectivity index (χ3v) is 6.00. The highest BCUT2D eigenvalue weighted by Gasteiger charge is 2.17. The van der Waals surface area contributed by atoms with Crippen LogP contribution < -0.4 is 5.32 Å². The molecule has 1 saturated heterocycles. The van der Waals surface area contributed by atoms with Crippen LogP contribution in [0.4, 0.5) is 0 Å². The number of hydrogen-bond acceptors (Lipinski definition) is 5. The van der Waals surface area contributed by atoms with Crippen LogP contribution in [-0.4, -0.2) is 63.4 Å². The summed E-state index contributed by atoms with van der Waals surface area (Å²) in [6, 6.07) is 11.0. The normalized spacial score (nSPS) is 16.7. The van der Waals surface area contributed by atoms with Crippen molar-refractivity contribution in [3.8, 4) is 0 Å². The van der Waals surface area contributed by atoms with Crippen molar-refractivity contribution in [1.82, 2.24) is 24.8 Å². The molecule has 3 aromatic rings. The fraction of sp³-hybridized carbons (Fsp3) is 0.440. The molecular formula is C25H35Cl2N5O. The number of fused-ring (bicyclic) bond motifs is 1. The maximum atomic E-state index is 9.33. The van der Waals surface area contributed by atoms with Crippen LogP contribution in [0.15, 0.2) is 36.4 Å². The number of rotatable bonds is 7. The van der Waals surface area contributed by atoms with E-state index in [1.165, 1.54) is 16.7 Å². The number of aromatic nitrogens is 3. The predicted octanol–water partition coefficient (Wildman–Crippen LogP) is 3.62. The molecule has 1 aliphatic rings. The van der Waals surface area contributed by atoms with Gasteiger partial charge in [-0.3, -0.25) is 4.90 Å². The molecule has 1 fully saturated rings. The van der Waals surface area contributed by atoms with E-state index < -0.39 is 0 Å². The van der Waals surface area contributed by atoms with Crippen molar-refractivity contribution in [3.05, 3.63) is 70.2 Å². The van der Waals surface area contributed by atoms with Crippen molar-refractivity contribution < 1.29 is 5.11 Å². The average molecular weight is 492 g/mol. The van der Waals surface area contributed by atoms with Crippen molar-refractivity contribution in [3.63, 3.8) is 0 Å². The van der Waals surface area contributed by atoms with E-state index in [0.717, 1.165) is 61.7 Å². The Kier molecular flexibility index (Phi) is 10.3. The quantitative estimate of drug-likeness (QED) is 0.528. The summed E-state index contributed by atoms with van der Waals surface area (Å²) < 4.78 is 1.98. The first-order valence-corrected chi connectivity index (χ1v) is 11.2. The van der Waals surface area contributed by atoms with Gasteiger partial charge in [-0.15, -0.1) is 24.8 Å². The van der Waals surface area contributed by atoms with Crippen molar-refractivity contribution in [2.75, 3.05) is 32.8 Å². The Morgan fingerprint density at radius 3 is 2.64 bits per heavy atom. The topological polar surface area (TPSA) is 65.7 Å². The number of nitrogens with one attached hydrogen (secondary N) is 1. The van der Waals surface area contributed by atoms with Crippen LogP contribution in [0.3, 0.4) is 0 Å². The minimum absolute atomic E-state index is 0. The van der Waals surface area contributed by atoms with E-state index in [1.54, 1.807) is 0 Å². The van der Waals surface area contributed by atoms with E-state index in [-0.39, 0.29) is 37.5 Å². The summed E-state index contributed by atoms with van der Waals surface area (Å²) in [5, 5.41) is 17.5. The third kappa shape index (κ3) is 6.55. The fourth-order valence-corrected chi connectivity index (χ4v) is 4.35. The highest BCUT2D eigenvalue weighted by molar-refractivity contribution is 5.85. The van der Waals surface area contributed by atoms with E-state index in [9.17, 15) is 5.11 Å². The molecule has 0 unspecified atom stereocenters. The standard InChI is InChI=1S/C25H33N5O.2ClH/c1-4-24-23(25-27-18(2)14-19(3)30(25)28-24)15-21-9-7-20(8-10-21)6-5-12-29-13-11-26-22(16-29)17-31;;/h5-10,14,22,26,31H,4,11-13,15-17H2,1-3H3;2*1H/t22-;;/m0../s1. The van der Waals surface area contributed by atoms with Gasteiger partial charge in [0.25, 0.3) is 0 Å². The molecule has 33 heavy (non-hydrogen) atoms. The molecule has 0 bridgehead atoms. The summed E-state index contributed by atoms with van der Waals surface area (Å²) in [6.45, 7) is 10.2. The summed E-state index contributed by atoms with van der Waals surface area (Å²) in [5.74, 6) is 0. The second-order valence-corrected chi connectivity index (χ2v) is 8.47. The van der Waals surface area contributed by atoms with Gasteiger partial charge in [0, 0.05) is 55.6 Å². The van der Waals surface area contributed by atoms with Crippen LogP contribution in [0.25, 0.3) is 11.7 Å². The van der Waals surface area contributed by atoms with Crippen LogP contribution in [0.5, 0.6) is 0 Å². The molecule has 6 nitrogen and oxygen atoms in total. The molecule has 180 valence electrons. The van der Waals surface area contributed by atoms with Crippen LogP contribution in [0.2, 0.25) is 0 Å². The largest absolute Gasteiger partial charge is 0.395 e. The fourth-order valence-electron chi connectivity index (χ4n) is 4.35. The van der Waals surface area contributed by atoms with Gasteiger partial charge in [-0.1, -0.05) is 43.3 Å². The molecule has 1 aromatic carbocycles. The highest BCUT2D eigenvalue weighted by Crippen LogP contribution is 2.21. The average Bonchev–Trinajstić information content (AvgIpc) is 3.13. The number of benzene rings is 1. The Morgan fingerprint density at radius 1 is 1.18 bits per heavy atom. The Balaban J connectivity index is 0.00000193. The molecule has 1 aliphatic heterocycles. The predicted molar refractivity (Wildman–Crippen MR) is 140 cm³/mol. The lowest BCUT2D eigenvalue weighted by Crippen LogP contribution is -2.52. The van der Waals surface area contributed by atoms with Crippen LogP contribution in [0.1, 0.15) is 40.7 Å². The van der Waals surface area contributed by atoms with Crippen molar-refractivity contribution in [2.45, 2.75) is 39.7 Å². The maximum Gasteiger partial charge on any atom is 0.159 e. The second-order valence-electron chi connectivity index (χ2n) is 8.47. The molecule has 0 radical (unpaired) electrons. The molecule has 2 aromatic heterocycles. The van der Waals surface area contributed by atoms with E-state index in [1.807, 2.05) is 11.4 Å². The van der Waals surface area contributed by atoms with Crippen molar-refractivity contribution in [1.29, 1.82) is 0 Å². The number of hydrogen-bond donors (Lipinski definition) is 2. The van der Waals surface area contributed by atoms with Crippen LogP contribution >= 0.6 is 24.8 Å². The molecule has 4 rings (SSSR count). The Morgan fingerprint density at radius 2 is 1.94 bits per heavy atom. The van der Waals surface area contributed by atoms with Gasteiger partial charge in [0.2, 0.25) is 0 Å². The Hall–Kier alpha value is -1.96. The zero-order valence-electron chi connectivity index (χ0n) is 19.6. The van der Waals surface area contributed by atoms with E-state index in [0.29, 0.717) is 0 Å². The molecule has 0 amide bonds. The molecule has 0 spiro atoms. The number of halogens is 2. The molecule has 0 aliphatic carbocycles. The first kappa shape index (κ1) is 27.3. The molecule has 0 saturated carbocycles. The lowest BCUT2D eigenvalue weighted by molar-refractivity contribution is 0.158. The van der Waals surface area contributed by atoms with Crippen LogP contribution in [0, 0.1) is 13.8 Å². The SMILES string of the molecule is CCc1nn2c(C)cc(C)nc2c1Cc1ccc(C=CCN2CCN[C@H](CO)C2)cc1.Cl.Cl. The van der Waals surface area contributed by atoms with Gasteiger partial charge >= 0.3 is 0 Å². The molecule has 3 heterocycles. The number of piperazine rings is 1. The minimum atomic E-state index is 0. The van der Waals surface area contributed by atoms with E-state index >= 15 is 0 Å². The molecule has 2 N–H and O–H groups in total. The first-order valence-electron chi connectivity index (χ1n) is 11.2. The number of nitrogens with zero attached hydrogens (tertiary/aromatic N) is 4. The number of aliphatic hydroxyl groups excluding tert-OH is 1. The summed E-state index contributed by atoms with van der Waals surface area (Å²) in [7, 11) is 0. The molecule has 8 heteroatoms. The third-order valence-electron chi connectivity index (χ3n) is 6.00. The smallest absolute Gasteiger partial charge is 0.159 e.